The van der Waals surface area contributed by atoms with E-state index in [1.807, 2.05) is 0 Å². The molecule has 0 amide bonds. The monoisotopic (exact) mass is 217 g/mol. The Morgan fingerprint density at radius 1 is 1.60 bits per heavy atom. The zero-order valence-corrected chi connectivity index (χ0v) is 7.94. The number of aromatic nitrogens is 1. The average molecular weight is 217 g/mol. The van der Waals surface area contributed by atoms with Crippen molar-refractivity contribution in [2.45, 2.75) is 13.0 Å². The molecule has 1 heterocycles. The number of esters is 1. The molecule has 1 rings (SSSR count). The first-order valence-corrected chi connectivity index (χ1v) is 4.10. The zero-order valence-electron chi connectivity index (χ0n) is 7.94. The minimum absolute atomic E-state index is 0.101. The van der Waals surface area contributed by atoms with Crippen molar-refractivity contribution in [2.24, 2.45) is 0 Å². The lowest BCUT2D eigenvalue weighted by molar-refractivity contribution is -0.139. The molecule has 0 aromatic carbocycles. The van der Waals surface area contributed by atoms with Crippen molar-refractivity contribution in [3.05, 3.63) is 34.2 Å². The second kappa shape index (κ2) is 4.68. The summed E-state index contributed by atoms with van der Waals surface area (Å²) in [5.74, 6) is -0.524. The molecule has 15 heavy (non-hydrogen) atoms. The third-order valence-corrected chi connectivity index (χ3v) is 1.80. The van der Waals surface area contributed by atoms with E-state index in [0.29, 0.717) is 5.56 Å². The number of nitrogens with zero attached hydrogens (tertiary/aromatic N) is 1. The van der Waals surface area contributed by atoms with Gasteiger partial charge in [-0.15, -0.1) is 0 Å². The molecule has 0 saturated heterocycles. The summed E-state index contributed by atoms with van der Waals surface area (Å²) in [7, 11) is 1.21. The summed E-state index contributed by atoms with van der Waals surface area (Å²) in [5, 5.41) is 0. The van der Waals surface area contributed by atoms with E-state index in [-0.39, 0.29) is 11.0 Å². The predicted molar refractivity (Wildman–Crippen MR) is 47.7 cm³/mol. The van der Waals surface area contributed by atoms with Crippen LogP contribution in [-0.2, 0) is 16.0 Å². The second-order valence-corrected chi connectivity index (χ2v) is 2.81. The van der Waals surface area contributed by atoms with E-state index in [0.717, 1.165) is 12.3 Å². The van der Waals surface area contributed by atoms with E-state index < -0.39 is 18.1 Å². The number of halogens is 2. The van der Waals surface area contributed by atoms with Crippen molar-refractivity contribution in [3.63, 3.8) is 0 Å². The molecule has 0 spiro atoms. The summed E-state index contributed by atoms with van der Waals surface area (Å²) in [6, 6.07) is 2.27. The van der Waals surface area contributed by atoms with E-state index >= 15 is 0 Å². The molecule has 0 radical (unpaired) electrons. The van der Waals surface area contributed by atoms with Gasteiger partial charge in [0.1, 0.15) is 0 Å². The van der Waals surface area contributed by atoms with Gasteiger partial charge in [-0.1, -0.05) is 0 Å². The van der Waals surface area contributed by atoms with Crippen LogP contribution in [0.4, 0.5) is 8.78 Å². The number of rotatable bonds is 3. The lowest BCUT2D eigenvalue weighted by atomic mass is 10.2. The van der Waals surface area contributed by atoms with Gasteiger partial charge in [0.05, 0.1) is 13.5 Å². The molecule has 0 aliphatic rings. The first kappa shape index (κ1) is 11.4. The molecule has 0 saturated carbocycles. The Morgan fingerprint density at radius 3 is 2.73 bits per heavy atom. The highest BCUT2D eigenvalue weighted by Gasteiger charge is 2.09. The number of carbonyl (C=O) groups is 1. The predicted octanol–water partition coefficient (Wildman–Crippen LogP) is 0.959. The molecule has 0 unspecified atom stereocenters. The minimum atomic E-state index is -2.87. The molecule has 4 nitrogen and oxygen atoms in total. The van der Waals surface area contributed by atoms with Gasteiger partial charge in [0.25, 0.3) is 5.56 Å². The van der Waals surface area contributed by atoms with E-state index in [1.165, 1.54) is 13.2 Å². The number of carbonyl (C=O) groups excluding carboxylic acids is 1. The van der Waals surface area contributed by atoms with Crippen LogP contribution in [0, 0.1) is 0 Å². The van der Waals surface area contributed by atoms with E-state index in [9.17, 15) is 18.4 Å². The van der Waals surface area contributed by atoms with Crippen LogP contribution in [0.2, 0.25) is 0 Å². The third kappa shape index (κ3) is 2.87. The van der Waals surface area contributed by atoms with Gasteiger partial charge in [-0.05, 0) is 11.6 Å². The summed E-state index contributed by atoms with van der Waals surface area (Å²) in [6.45, 7) is -2.87. The Balaban J connectivity index is 2.92. The number of ether oxygens (including phenoxy) is 1. The summed E-state index contributed by atoms with van der Waals surface area (Å²) >= 11 is 0. The maximum Gasteiger partial charge on any atom is 0.321 e. The lowest BCUT2D eigenvalue weighted by Gasteiger charge is -2.04. The van der Waals surface area contributed by atoms with Gasteiger partial charge in [0.2, 0.25) is 0 Å². The smallest absolute Gasteiger partial charge is 0.321 e. The van der Waals surface area contributed by atoms with Gasteiger partial charge in [-0.2, -0.15) is 8.78 Å². The molecular weight excluding hydrogens is 208 g/mol. The van der Waals surface area contributed by atoms with E-state index in [1.54, 1.807) is 0 Å². The lowest BCUT2D eigenvalue weighted by Crippen LogP contribution is -2.20. The van der Waals surface area contributed by atoms with Crippen LogP contribution >= 0.6 is 0 Å². The number of hydrogen-bond donors (Lipinski definition) is 0. The SMILES string of the molecule is COC(=O)Cc1ccn(C(F)F)c(=O)c1. The number of hydrogen-bond acceptors (Lipinski definition) is 3. The summed E-state index contributed by atoms with van der Waals surface area (Å²) < 4.78 is 29.0. The molecular formula is C9H9F2NO3. The number of methoxy groups -OCH3 is 1. The van der Waals surface area contributed by atoms with Crippen molar-refractivity contribution >= 4 is 5.97 Å². The van der Waals surface area contributed by atoms with Crippen LogP contribution in [0.5, 0.6) is 0 Å². The van der Waals surface area contributed by atoms with Gasteiger partial charge < -0.3 is 4.74 Å². The van der Waals surface area contributed by atoms with Crippen molar-refractivity contribution < 1.29 is 18.3 Å². The van der Waals surface area contributed by atoms with E-state index in [4.69, 9.17) is 0 Å². The number of alkyl halides is 2. The Bertz CT molecular complexity index is 414. The molecule has 6 heteroatoms. The number of pyridine rings is 1. The Kier molecular flexibility index (Phi) is 3.54. The fourth-order valence-corrected chi connectivity index (χ4v) is 1.04. The third-order valence-electron chi connectivity index (χ3n) is 1.80. The van der Waals surface area contributed by atoms with Gasteiger partial charge in [0.15, 0.2) is 0 Å². The maximum atomic E-state index is 12.2. The molecule has 0 N–H and O–H groups in total. The molecule has 82 valence electrons. The normalized spacial score (nSPS) is 10.4. The fourth-order valence-electron chi connectivity index (χ4n) is 1.04. The Morgan fingerprint density at radius 2 is 2.27 bits per heavy atom. The fraction of sp³-hybridized carbons (Fsp3) is 0.333. The van der Waals surface area contributed by atoms with Crippen LogP contribution in [0.15, 0.2) is 23.1 Å². The quantitative estimate of drug-likeness (QED) is 0.708. The van der Waals surface area contributed by atoms with Gasteiger partial charge in [-0.25, -0.2) is 0 Å². The van der Waals surface area contributed by atoms with Crippen LogP contribution in [0.25, 0.3) is 0 Å². The summed E-state index contributed by atoms with van der Waals surface area (Å²) in [4.78, 5) is 21.9. The highest BCUT2D eigenvalue weighted by atomic mass is 19.3. The molecule has 0 aliphatic carbocycles. The largest absolute Gasteiger partial charge is 0.469 e. The van der Waals surface area contributed by atoms with Crippen molar-refractivity contribution in [1.29, 1.82) is 0 Å². The van der Waals surface area contributed by atoms with Gasteiger partial charge in [0, 0.05) is 12.3 Å². The molecule has 1 aromatic heterocycles. The molecule has 0 bridgehead atoms. The molecule has 0 aliphatic heterocycles. The summed E-state index contributed by atoms with van der Waals surface area (Å²) in [6.07, 6.45) is 0.848. The van der Waals surface area contributed by atoms with Crippen LogP contribution in [-0.4, -0.2) is 17.6 Å². The molecule has 0 atom stereocenters. The average Bonchev–Trinajstić information content (AvgIpc) is 2.17. The van der Waals surface area contributed by atoms with Crippen LogP contribution in [0.1, 0.15) is 12.1 Å². The van der Waals surface area contributed by atoms with Crippen molar-refractivity contribution in [1.82, 2.24) is 4.57 Å². The Hall–Kier alpha value is -1.72. The molecule has 0 fully saturated rings. The van der Waals surface area contributed by atoms with Crippen molar-refractivity contribution in [3.8, 4) is 0 Å². The topological polar surface area (TPSA) is 48.3 Å². The van der Waals surface area contributed by atoms with Crippen LogP contribution in [0.3, 0.4) is 0 Å². The first-order valence-electron chi connectivity index (χ1n) is 4.10. The highest BCUT2D eigenvalue weighted by Crippen LogP contribution is 2.06. The summed E-state index contributed by atoms with van der Waals surface area (Å²) in [5.41, 5.74) is -0.491. The first-order chi connectivity index (χ1) is 7.04. The van der Waals surface area contributed by atoms with Gasteiger partial charge in [-0.3, -0.25) is 14.2 Å². The second-order valence-electron chi connectivity index (χ2n) is 2.81. The maximum absolute atomic E-state index is 12.2. The molecule has 1 aromatic rings. The van der Waals surface area contributed by atoms with Gasteiger partial charge >= 0.3 is 12.5 Å². The Labute approximate surface area is 84.1 Å². The van der Waals surface area contributed by atoms with Crippen LogP contribution < -0.4 is 5.56 Å². The zero-order chi connectivity index (χ0) is 11.4. The highest BCUT2D eigenvalue weighted by molar-refractivity contribution is 5.72. The minimum Gasteiger partial charge on any atom is -0.469 e. The van der Waals surface area contributed by atoms with E-state index in [2.05, 4.69) is 4.74 Å². The standard InChI is InChI=1S/C9H9F2NO3/c1-15-8(14)5-6-2-3-12(9(10)11)7(13)4-6/h2-4,9H,5H2,1H3. The van der Waals surface area contributed by atoms with Crippen molar-refractivity contribution in [2.75, 3.05) is 7.11 Å².